The lowest BCUT2D eigenvalue weighted by Gasteiger charge is -2.29. The third-order valence-electron chi connectivity index (χ3n) is 4.68. The first kappa shape index (κ1) is 20.0. The highest BCUT2D eigenvalue weighted by Crippen LogP contribution is 2.24. The number of nitrogens with one attached hydrogen (secondary N) is 2. The fraction of sp³-hybridized carbons (Fsp3) is 0.389. The number of hydrogen-bond acceptors (Lipinski definition) is 8. The molecule has 10 heteroatoms. The highest BCUT2D eigenvalue weighted by atomic mass is 32.2. The second-order valence-corrected chi connectivity index (χ2v) is 8.96. The Labute approximate surface area is 163 Å². The van der Waals surface area contributed by atoms with Gasteiger partial charge in [-0.15, -0.1) is 0 Å². The Morgan fingerprint density at radius 1 is 1.25 bits per heavy atom. The predicted octanol–water partition coefficient (Wildman–Crippen LogP) is 1.40. The van der Waals surface area contributed by atoms with Crippen molar-refractivity contribution in [2.75, 3.05) is 16.9 Å². The van der Waals surface area contributed by atoms with Crippen molar-refractivity contribution < 1.29 is 13.2 Å². The van der Waals surface area contributed by atoms with Crippen molar-refractivity contribution in [3.63, 3.8) is 0 Å². The van der Waals surface area contributed by atoms with Crippen LogP contribution in [-0.4, -0.2) is 42.6 Å². The molecular formula is C18H24N6O3S. The number of amides is 1. The van der Waals surface area contributed by atoms with E-state index in [0.29, 0.717) is 11.5 Å². The lowest BCUT2D eigenvalue weighted by atomic mass is 9.91. The SMILES string of the molecule is CS(=O)(=O)c1cccc(Nc2nc(NC3CCCC[C@@H]3N)cnc2C(N)=O)c1. The van der Waals surface area contributed by atoms with Crippen LogP contribution in [0.2, 0.25) is 0 Å². The smallest absolute Gasteiger partial charge is 0.271 e. The molecule has 1 fully saturated rings. The molecule has 150 valence electrons. The van der Waals surface area contributed by atoms with Gasteiger partial charge in [-0.05, 0) is 31.0 Å². The lowest BCUT2D eigenvalue weighted by molar-refractivity contribution is 0.0996. The molecular weight excluding hydrogens is 380 g/mol. The Hall–Kier alpha value is -2.72. The van der Waals surface area contributed by atoms with Crippen molar-refractivity contribution in [1.29, 1.82) is 0 Å². The molecule has 2 atom stereocenters. The summed E-state index contributed by atoms with van der Waals surface area (Å²) in [5, 5.41) is 6.22. The molecule has 1 amide bonds. The number of anilines is 3. The third-order valence-corrected chi connectivity index (χ3v) is 5.79. The lowest BCUT2D eigenvalue weighted by Crippen LogP contribution is -2.42. The van der Waals surface area contributed by atoms with E-state index in [-0.39, 0.29) is 28.5 Å². The molecule has 0 spiro atoms. The van der Waals surface area contributed by atoms with Crippen LogP contribution < -0.4 is 22.1 Å². The maximum absolute atomic E-state index is 11.8. The van der Waals surface area contributed by atoms with Gasteiger partial charge in [-0.1, -0.05) is 18.9 Å². The highest BCUT2D eigenvalue weighted by Gasteiger charge is 2.23. The molecule has 2 aromatic rings. The van der Waals surface area contributed by atoms with Crippen LogP contribution in [0.15, 0.2) is 35.4 Å². The third kappa shape index (κ3) is 4.76. The first-order chi connectivity index (χ1) is 13.2. The van der Waals surface area contributed by atoms with Crippen LogP contribution in [0.25, 0.3) is 0 Å². The number of hydrogen-bond donors (Lipinski definition) is 4. The van der Waals surface area contributed by atoms with E-state index in [4.69, 9.17) is 11.5 Å². The van der Waals surface area contributed by atoms with Crippen molar-refractivity contribution in [1.82, 2.24) is 9.97 Å². The first-order valence-corrected chi connectivity index (χ1v) is 10.9. The molecule has 28 heavy (non-hydrogen) atoms. The van der Waals surface area contributed by atoms with Crippen molar-refractivity contribution in [3.05, 3.63) is 36.2 Å². The topological polar surface area (TPSA) is 153 Å². The summed E-state index contributed by atoms with van der Waals surface area (Å²) in [6, 6.07) is 6.30. The maximum Gasteiger partial charge on any atom is 0.271 e. The Bertz CT molecular complexity index is 979. The van der Waals surface area contributed by atoms with Gasteiger partial charge >= 0.3 is 0 Å². The quantitative estimate of drug-likeness (QED) is 0.563. The van der Waals surface area contributed by atoms with E-state index in [1.165, 1.54) is 18.3 Å². The van der Waals surface area contributed by atoms with E-state index in [1.54, 1.807) is 12.1 Å². The molecule has 0 saturated heterocycles. The van der Waals surface area contributed by atoms with Gasteiger partial charge in [0.25, 0.3) is 5.91 Å². The molecule has 1 aliphatic carbocycles. The number of nitrogens with two attached hydrogens (primary N) is 2. The average Bonchev–Trinajstić information content (AvgIpc) is 2.63. The largest absolute Gasteiger partial charge is 0.364 e. The van der Waals surface area contributed by atoms with Crippen LogP contribution in [0.5, 0.6) is 0 Å². The van der Waals surface area contributed by atoms with Gasteiger partial charge in [0.15, 0.2) is 21.3 Å². The number of rotatable bonds is 6. The van der Waals surface area contributed by atoms with E-state index >= 15 is 0 Å². The fourth-order valence-corrected chi connectivity index (χ4v) is 3.86. The average molecular weight is 404 g/mol. The van der Waals surface area contributed by atoms with Gasteiger partial charge in [-0.2, -0.15) is 0 Å². The van der Waals surface area contributed by atoms with Crippen LogP contribution in [0, 0.1) is 0 Å². The fourth-order valence-electron chi connectivity index (χ4n) is 3.20. The molecule has 1 aromatic heterocycles. The number of aromatic nitrogens is 2. The minimum Gasteiger partial charge on any atom is -0.364 e. The maximum atomic E-state index is 11.8. The summed E-state index contributed by atoms with van der Waals surface area (Å²) in [7, 11) is -3.37. The van der Waals surface area contributed by atoms with Gasteiger partial charge in [-0.25, -0.2) is 18.4 Å². The van der Waals surface area contributed by atoms with Crippen LogP contribution in [0.3, 0.4) is 0 Å². The van der Waals surface area contributed by atoms with Gasteiger partial charge in [0.05, 0.1) is 11.1 Å². The monoisotopic (exact) mass is 404 g/mol. The Morgan fingerprint density at radius 3 is 2.68 bits per heavy atom. The normalized spacial score (nSPS) is 19.8. The highest BCUT2D eigenvalue weighted by molar-refractivity contribution is 7.90. The number of primary amides is 1. The van der Waals surface area contributed by atoms with Gasteiger partial charge in [0, 0.05) is 24.0 Å². The van der Waals surface area contributed by atoms with Crippen molar-refractivity contribution in [2.24, 2.45) is 11.5 Å². The van der Waals surface area contributed by atoms with E-state index in [9.17, 15) is 13.2 Å². The molecule has 3 rings (SSSR count). The first-order valence-electron chi connectivity index (χ1n) is 9.00. The summed E-state index contributed by atoms with van der Waals surface area (Å²) in [4.78, 5) is 20.4. The molecule has 1 aromatic carbocycles. The number of sulfone groups is 1. The molecule has 1 unspecified atom stereocenters. The summed E-state index contributed by atoms with van der Waals surface area (Å²) < 4.78 is 23.5. The van der Waals surface area contributed by atoms with Crippen LogP contribution in [0.1, 0.15) is 36.2 Å². The van der Waals surface area contributed by atoms with Gasteiger partial charge < -0.3 is 22.1 Å². The zero-order chi connectivity index (χ0) is 20.3. The van der Waals surface area contributed by atoms with Crippen molar-refractivity contribution >= 4 is 33.1 Å². The second kappa shape index (κ2) is 8.11. The van der Waals surface area contributed by atoms with E-state index in [1.807, 2.05) is 0 Å². The zero-order valence-electron chi connectivity index (χ0n) is 15.6. The second-order valence-electron chi connectivity index (χ2n) is 6.94. The van der Waals surface area contributed by atoms with Crippen LogP contribution >= 0.6 is 0 Å². The molecule has 1 aliphatic rings. The summed E-state index contributed by atoms with van der Waals surface area (Å²) in [5.74, 6) is -0.128. The van der Waals surface area contributed by atoms with E-state index in [2.05, 4.69) is 20.6 Å². The predicted molar refractivity (Wildman–Crippen MR) is 107 cm³/mol. The molecule has 6 N–H and O–H groups in total. The summed E-state index contributed by atoms with van der Waals surface area (Å²) in [6.45, 7) is 0. The van der Waals surface area contributed by atoms with E-state index < -0.39 is 15.7 Å². The number of carbonyl (C=O) groups excluding carboxylic acids is 1. The molecule has 9 nitrogen and oxygen atoms in total. The Balaban J connectivity index is 1.89. The minimum absolute atomic E-state index is 0.0224. The molecule has 1 saturated carbocycles. The molecule has 1 heterocycles. The summed E-state index contributed by atoms with van der Waals surface area (Å²) in [5.41, 5.74) is 12.0. The molecule has 0 bridgehead atoms. The van der Waals surface area contributed by atoms with Crippen LogP contribution in [-0.2, 0) is 9.84 Å². The Morgan fingerprint density at radius 2 is 2.00 bits per heavy atom. The van der Waals surface area contributed by atoms with E-state index in [0.717, 1.165) is 31.9 Å². The van der Waals surface area contributed by atoms with Crippen molar-refractivity contribution in [3.8, 4) is 0 Å². The van der Waals surface area contributed by atoms with Crippen LogP contribution in [0.4, 0.5) is 17.3 Å². The van der Waals surface area contributed by atoms with Gasteiger partial charge in [-0.3, -0.25) is 4.79 Å². The van der Waals surface area contributed by atoms with Gasteiger partial charge in [0.1, 0.15) is 5.82 Å². The van der Waals surface area contributed by atoms with Gasteiger partial charge in [0.2, 0.25) is 0 Å². The summed E-state index contributed by atoms with van der Waals surface area (Å²) >= 11 is 0. The zero-order valence-corrected chi connectivity index (χ0v) is 16.4. The Kier molecular flexibility index (Phi) is 5.80. The molecule has 0 radical (unpaired) electrons. The minimum atomic E-state index is -3.37. The number of carbonyl (C=O) groups is 1. The number of nitrogens with zero attached hydrogens (tertiary/aromatic N) is 2. The molecule has 0 aliphatic heterocycles. The summed E-state index contributed by atoms with van der Waals surface area (Å²) in [6.07, 6.45) is 6.63. The van der Waals surface area contributed by atoms with Crippen molar-refractivity contribution in [2.45, 2.75) is 42.7 Å². The standard InChI is InChI=1S/C18H24N6O3S/c1-28(26,27)12-6-4-5-11(9-12)22-18-16(17(20)25)21-10-15(24-18)23-14-8-3-2-7-13(14)19/h4-6,9-10,13-14H,2-3,7-8,19H2,1H3,(H2,20,25)(H2,22,23,24)/t13-,14?/m0/s1. The number of benzene rings is 1.